The van der Waals surface area contributed by atoms with E-state index >= 15 is 0 Å². The van der Waals surface area contributed by atoms with E-state index in [1.54, 1.807) is 18.2 Å². The van der Waals surface area contributed by atoms with E-state index in [2.05, 4.69) is 0 Å². The standard InChI is InChI=1S/C15H17NO4/c17-12-3-5-16(10-12)6-4-13(18)11-1-2-14-15(9-11)20-8-7-19-14/h1-2,9H,3-8,10H2. The topological polar surface area (TPSA) is 55.8 Å². The largest absolute Gasteiger partial charge is 0.486 e. The minimum atomic E-state index is 0.0707. The molecule has 20 heavy (non-hydrogen) atoms. The van der Waals surface area contributed by atoms with Gasteiger partial charge in [-0.1, -0.05) is 0 Å². The molecule has 0 N–H and O–H groups in total. The van der Waals surface area contributed by atoms with Gasteiger partial charge in [-0.3, -0.25) is 14.5 Å². The van der Waals surface area contributed by atoms with Crippen LogP contribution in [0.2, 0.25) is 0 Å². The first-order valence-electron chi connectivity index (χ1n) is 6.89. The molecule has 2 aliphatic rings. The maximum Gasteiger partial charge on any atom is 0.164 e. The van der Waals surface area contributed by atoms with Gasteiger partial charge in [0.2, 0.25) is 0 Å². The van der Waals surface area contributed by atoms with Crippen LogP contribution in [0.3, 0.4) is 0 Å². The Hall–Kier alpha value is -1.88. The molecule has 0 aromatic heterocycles. The third-order valence-corrected chi connectivity index (χ3v) is 3.63. The predicted molar refractivity (Wildman–Crippen MR) is 72.4 cm³/mol. The summed E-state index contributed by atoms with van der Waals surface area (Å²) in [5, 5.41) is 0. The van der Waals surface area contributed by atoms with Crippen LogP contribution in [-0.2, 0) is 4.79 Å². The zero-order chi connectivity index (χ0) is 13.9. The van der Waals surface area contributed by atoms with Gasteiger partial charge >= 0.3 is 0 Å². The fraction of sp³-hybridized carbons (Fsp3) is 0.467. The smallest absolute Gasteiger partial charge is 0.164 e. The summed E-state index contributed by atoms with van der Waals surface area (Å²) >= 11 is 0. The fourth-order valence-electron chi connectivity index (χ4n) is 2.50. The number of likely N-dealkylation sites (tertiary alicyclic amines) is 1. The van der Waals surface area contributed by atoms with Crippen LogP contribution in [0.5, 0.6) is 11.5 Å². The van der Waals surface area contributed by atoms with Gasteiger partial charge in [-0.2, -0.15) is 0 Å². The molecule has 0 aliphatic carbocycles. The molecular weight excluding hydrogens is 258 g/mol. The normalized spacial score (nSPS) is 18.3. The predicted octanol–water partition coefficient (Wildman–Crippen LogP) is 1.31. The number of hydrogen-bond donors (Lipinski definition) is 0. The van der Waals surface area contributed by atoms with Crippen molar-refractivity contribution < 1.29 is 19.1 Å². The van der Waals surface area contributed by atoms with Crippen molar-refractivity contribution >= 4 is 11.6 Å². The Balaban J connectivity index is 1.60. The molecule has 0 amide bonds. The molecule has 0 atom stereocenters. The zero-order valence-corrected chi connectivity index (χ0v) is 11.3. The van der Waals surface area contributed by atoms with Gasteiger partial charge in [0.25, 0.3) is 0 Å². The van der Waals surface area contributed by atoms with Gasteiger partial charge in [-0.05, 0) is 18.2 Å². The van der Waals surface area contributed by atoms with Gasteiger partial charge in [0.15, 0.2) is 17.3 Å². The lowest BCUT2D eigenvalue weighted by Gasteiger charge is -2.19. The number of nitrogens with zero attached hydrogens (tertiary/aromatic N) is 1. The molecule has 0 unspecified atom stereocenters. The van der Waals surface area contributed by atoms with Crippen molar-refractivity contribution in [2.24, 2.45) is 0 Å². The number of carbonyl (C=O) groups excluding carboxylic acids is 2. The summed E-state index contributed by atoms with van der Waals surface area (Å²) in [6.45, 7) is 2.95. The number of Topliss-reactive ketones (excluding diaryl/α,β-unsaturated/α-hetero) is 2. The van der Waals surface area contributed by atoms with Crippen LogP contribution in [0.1, 0.15) is 23.2 Å². The Kier molecular flexibility index (Phi) is 3.69. The van der Waals surface area contributed by atoms with Crippen molar-refractivity contribution in [1.82, 2.24) is 4.90 Å². The fourth-order valence-corrected chi connectivity index (χ4v) is 2.50. The highest BCUT2D eigenvalue weighted by Gasteiger charge is 2.20. The Labute approximate surface area is 117 Å². The average Bonchev–Trinajstić information content (AvgIpc) is 2.90. The first-order chi connectivity index (χ1) is 9.72. The molecule has 1 fully saturated rings. The molecule has 0 bridgehead atoms. The highest BCUT2D eigenvalue weighted by Crippen LogP contribution is 2.31. The summed E-state index contributed by atoms with van der Waals surface area (Å²) in [4.78, 5) is 25.4. The van der Waals surface area contributed by atoms with Gasteiger partial charge in [0.05, 0.1) is 6.54 Å². The Bertz CT molecular complexity index is 541. The van der Waals surface area contributed by atoms with Gasteiger partial charge < -0.3 is 9.47 Å². The maximum absolute atomic E-state index is 12.2. The number of fused-ring (bicyclic) bond motifs is 1. The minimum absolute atomic E-state index is 0.0707. The molecular formula is C15H17NO4. The summed E-state index contributed by atoms with van der Waals surface area (Å²) in [5.74, 6) is 1.66. The molecule has 1 saturated heterocycles. The summed E-state index contributed by atoms with van der Waals surface area (Å²) in [6, 6.07) is 5.29. The number of hydrogen-bond acceptors (Lipinski definition) is 5. The Morgan fingerprint density at radius 1 is 1.20 bits per heavy atom. The molecule has 3 rings (SSSR count). The lowest BCUT2D eigenvalue weighted by molar-refractivity contribution is -0.116. The van der Waals surface area contributed by atoms with Crippen LogP contribution in [0.4, 0.5) is 0 Å². The average molecular weight is 275 g/mol. The van der Waals surface area contributed by atoms with E-state index < -0.39 is 0 Å². The molecule has 2 aliphatic heterocycles. The number of rotatable bonds is 4. The molecule has 0 radical (unpaired) electrons. The Morgan fingerprint density at radius 2 is 2.00 bits per heavy atom. The van der Waals surface area contributed by atoms with Crippen molar-refractivity contribution in [2.75, 3.05) is 32.8 Å². The van der Waals surface area contributed by atoms with Gasteiger partial charge in [0.1, 0.15) is 19.0 Å². The molecule has 1 aromatic carbocycles. The van der Waals surface area contributed by atoms with Crippen molar-refractivity contribution in [3.8, 4) is 11.5 Å². The third kappa shape index (κ3) is 2.82. The van der Waals surface area contributed by atoms with Crippen molar-refractivity contribution in [3.05, 3.63) is 23.8 Å². The monoisotopic (exact) mass is 275 g/mol. The summed E-state index contributed by atoms with van der Waals surface area (Å²) in [6.07, 6.45) is 1.03. The van der Waals surface area contributed by atoms with E-state index in [9.17, 15) is 9.59 Å². The van der Waals surface area contributed by atoms with E-state index in [0.29, 0.717) is 56.2 Å². The molecule has 1 aromatic rings. The number of ketones is 2. The van der Waals surface area contributed by atoms with E-state index in [4.69, 9.17) is 9.47 Å². The van der Waals surface area contributed by atoms with Gasteiger partial charge in [-0.25, -0.2) is 0 Å². The maximum atomic E-state index is 12.2. The van der Waals surface area contributed by atoms with Crippen molar-refractivity contribution in [1.29, 1.82) is 0 Å². The molecule has 0 spiro atoms. The molecule has 0 saturated carbocycles. The summed E-state index contributed by atoms with van der Waals surface area (Å²) in [7, 11) is 0. The van der Waals surface area contributed by atoms with Gasteiger partial charge in [-0.15, -0.1) is 0 Å². The van der Waals surface area contributed by atoms with Crippen LogP contribution in [0.25, 0.3) is 0 Å². The lowest BCUT2D eigenvalue weighted by Crippen LogP contribution is -2.24. The number of ether oxygens (including phenoxy) is 2. The Morgan fingerprint density at radius 3 is 2.75 bits per heavy atom. The summed E-state index contributed by atoms with van der Waals surface area (Å²) < 4.78 is 10.9. The minimum Gasteiger partial charge on any atom is -0.486 e. The highest BCUT2D eigenvalue weighted by atomic mass is 16.6. The van der Waals surface area contributed by atoms with E-state index in [1.807, 2.05) is 4.90 Å². The number of carbonyl (C=O) groups is 2. The zero-order valence-electron chi connectivity index (χ0n) is 11.3. The first-order valence-corrected chi connectivity index (χ1v) is 6.89. The second-order valence-electron chi connectivity index (χ2n) is 5.10. The van der Waals surface area contributed by atoms with Crippen LogP contribution in [0.15, 0.2) is 18.2 Å². The highest BCUT2D eigenvalue weighted by molar-refractivity contribution is 5.96. The molecule has 2 heterocycles. The van der Waals surface area contributed by atoms with Crippen molar-refractivity contribution in [3.63, 3.8) is 0 Å². The molecule has 5 nitrogen and oxygen atoms in total. The van der Waals surface area contributed by atoms with Crippen molar-refractivity contribution in [2.45, 2.75) is 12.8 Å². The molecule has 5 heteroatoms. The van der Waals surface area contributed by atoms with Gasteiger partial charge in [0, 0.05) is 31.5 Å². The van der Waals surface area contributed by atoms with E-state index in [1.165, 1.54) is 0 Å². The SMILES string of the molecule is O=C1CCN(CCC(=O)c2ccc3c(c2)OCCO3)C1. The van der Waals surface area contributed by atoms with Crippen LogP contribution in [0, 0.1) is 0 Å². The number of benzene rings is 1. The third-order valence-electron chi connectivity index (χ3n) is 3.63. The van der Waals surface area contributed by atoms with E-state index in [-0.39, 0.29) is 11.6 Å². The lowest BCUT2D eigenvalue weighted by atomic mass is 10.1. The van der Waals surface area contributed by atoms with Crippen LogP contribution >= 0.6 is 0 Å². The quantitative estimate of drug-likeness (QED) is 0.775. The molecule has 106 valence electrons. The first kappa shape index (κ1) is 13.1. The summed E-state index contributed by atoms with van der Waals surface area (Å²) in [5.41, 5.74) is 0.639. The van der Waals surface area contributed by atoms with Crippen LogP contribution in [-0.4, -0.2) is 49.3 Å². The van der Waals surface area contributed by atoms with E-state index in [0.717, 1.165) is 6.54 Å². The second kappa shape index (κ2) is 5.63. The van der Waals surface area contributed by atoms with Crippen LogP contribution < -0.4 is 9.47 Å². The second-order valence-corrected chi connectivity index (χ2v) is 5.10.